The number of hydrogen-bond acceptors (Lipinski definition) is 5. The van der Waals surface area contributed by atoms with Crippen molar-refractivity contribution < 1.29 is 18.4 Å². The predicted octanol–water partition coefficient (Wildman–Crippen LogP) is 2.41. The number of carbonyl (C=O) groups is 2. The molecule has 1 fully saturated rings. The van der Waals surface area contributed by atoms with Gasteiger partial charge in [0.05, 0.1) is 6.26 Å². The van der Waals surface area contributed by atoms with E-state index in [1.807, 2.05) is 18.2 Å². The Morgan fingerprint density at radius 1 is 1.00 bits per heavy atom. The minimum absolute atomic E-state index is 0.163. The molecule has 0 bridgehead atoms. The van der Waals surface area contributed by atoms with Crippen molar-refractivity contribution in [3.8, 4) is 0 Å². The quantitative estimate of drug-likeness (QED) is 0.773. The summed E-state index contributed by atoms with van der Waals surface area (Å²) < 4.78 is 10.6. The lowest BCUT2D eigenvalue weighted by atomic mass is 10.3. The van der Waals surface area contributed by atoms with Gasteiger partial charge in [0.15, 0.2) is 11.3 Å². The van der Waals surface area contributed by atoms with Gasteiger partial charge in [0.1, 0.15) is 5.52 Å². The van der Waals surface area contributed by atoms with Gasteiger partial charge in [-0.2, -0.15) is 4.98 Å². The van der Waals surface area contributed by atoms with Gasteiger partial charge in [0.25, 0.3) is 5.91 Å². The number of benzene rings is 1. The number of anilines is 1. The lowest BCUT2D eigenvalue weighted by Crippen LogP contribution is -2.51. The normalized spacial score (nSPS) is 14.7. The third-order valence-corrected chi connectivity index (χ3v) is 4.09. The zero-order valence-corrected chi connectivity index (χ0v) is 13.3. The zero-order chi connectivity index (χ0) is 17.2. The molecular formula is C17H16N4O4. The van der Waals surface area contributed by atoms with Crippen LogP contribution in [0.25, 0.3) is 11.1 Å². The van der Waals surface area contributed by atoms with Crippen molar-refractivity contribution in [3.05, 3.63) is 48.4 Å². The van der Waals surface area contributed by atoms with Crippen LogP contribution in [0.4, 0.5) is 10.8 Å². The second-order valence-electron chi connectivity index (χ2n) is 5.67. The standard InChI is InChI=1S/C17H16N4O4/c22-15(14-6-3-11-24-14)20-7-9-21(10-8-20)17(23)19-16-18-12-4-1-2-5-13(12)25-16/h1-6,11H,7-10H2,(H,18,19,23). The van der Waals surface area contributed by atoms with E-state index >= 15 is 0 Å². The number of carbonyl (C=O) groups excluding carboxylic acids is 2. The monoisotopic (exact) mass is 340 g/mol. The summed E-state index contributed by atoms with van der Waals surface area (Å²) in [6, 6.07) is 10.5. The summed E-state index contributed by atoms with van der Waals surface area (Å²) in [7, 11) is 0. The van der Waals surface area contributed by atoms with Crippen LogP contribution in [0.1, 0.15) is 10.6 Å². The van der Waals surface area contributed by atoms with Gasteiger partial charge in [-0.05, 0) is 24.3 Å². The van der Waals surface area contributed by atoms with Crippen LogP contribution in [-0.4, -0.2) is 52.9 Å². The lowest BCUT2D eigenvalue weighted by molar-refractivity contribution is 0.0640. The summed E-state index contributed by atoms with van der Waals surface area (Å²) in [6.07, 6.45) is 1.47. The van der Waals surface area contributed by atoms with Crippen molar-refractivity contribution in [1.29, 1.82) is 0 Å². The summed E-state index contributed by atoms with van der Waals surface area (Å²) in [6.45, 7) is 1.75. The Balaban J connectivity index is 1.35. The van der Waals surface area contributed by atoms with E-state index in [4.69, 9.17) is 8.83 Å². The Labute approximate surface area is 143 Å². The minimum atomic E-state index is -0.295. The molecule has 0 atom stereocenters. The first-order chi connectivity index (χ1) is 12.2. The van der Waals surface area contributed by atoms with Gasteiger partial charge in [0.2, 0.25) is 0 Å². The molecule has 3 aromatic rings. The smallest absolute Gasteiger partial charge is 0.325 e. The van der Waals surface area contributed by atoms with E-state index in [1.54, 1.807) is 28.0 Å². The number of rotatable bonds is 2. The molecule has 25 heavy (non-hydrogen) atoms. The molecule has 0 unspecified atom stereocenters. The van der Waals surface area contributed by atoms with Gasteiger partial charge < -0.3 is 18.6 Å². The van der Waals surface area contributed by atoms with Crippen LogP contribution in [0.15, 0.2) is 51.5 Å². The number of hydrogen-bond donors (Lipinski definition) is 1. The zero-order valence-electron chi connectivity index (χ0n) is 13.3. The third-order valence-electron chi connectivity index (χ3n) is 4.09. The predicted molar refractivity (Wildman–Crippen MR) is 89.2 cm³/mol. The summed E-state index contributed by atoms with van der Waals surface area (Å²) in [5, 5.41) is 2.66. The molecule has 1 aliphatic heterocycles. The van der Waals surface area contributed by atoms with Crippen LogP contribution in [0.2, 0.25) is 0 Å². The maximum atomic E-state index is 12.3. The Bertz CT molecular complexity index is 861. The molecule has 0 aliphatic carbocycles. The van der Waals surface area contributed by atoms with Crippen molar-refractivity contribution in [3.63, 3.8) is 0 Å². The molecule has 8 nitrogen and oxygen atoms in total. The van der Waals surface area contributed by atoms with E-state index in [-0.39, 0.29) is 18.0 Å². The van der Waals surface area contributed by atoms with Crippen LogP contribution < -0.4 is 5.32 Å². The van der Waals surface area contributed by atoms with Crippen molar-refractivity contribution in [1.82, 2.24) is 14.8 Å². The van der Waals surface area contributed by atoms with Crippen molar-refractivity contribution in [2.45, 2.75) is 0 Å². The number of fused-ring (bicyclic) bond motifs is 1. The van der Waals surface area contributed by atoms with Crippen molar-refractivity contribution >= 4 is 29.1 Å². The molecule has 8 heteroatoms. The first-order valence-corrected chi connectivity index (χ1v) is 7.95. The van der Waals surface area contributed by atoms with Crippen molar-refractivity contribution in [2.24, 2.45) is 0 Å². The maximum absolute atomic E-state index is 12.3. The Hall–Kier alpha value is -3.29. The molecule has 1 aromatic carbocycles. The van der Waals surface area contributed by atoms with Crippen LogP contribution in [0.5, 0.6) is 0 Å². The van der Waals surface area contributed by atoms with Crippen LogP contribution in [0, 0.1) is 0 Å². The van der Waals surface area contributed by atoms with Gasteiger partial charge in [-0.3, -0.25) is 10.1 Å². The number of para-hydroxylation sites is 2. The Morgan fingerprint density at radius 3 is 2.48 bits per heavy atom. The molecule has 0 saturated carbocycles. The van der Waals surface area contributed by atoms with Gasteiger partial charge in [-0.25, -0.2) is 4.79 Å². The fourth-order valence-electron chi connectivity index (χ4n) is 2.76. The second kappa shape index (κ2) is 6.31. The number of aromatic nitrogens is 1. The molecule has 0 radical (unpaired) electrons. The molecule has 3 amide bonds. The number of piperazine rings is 1. The lowest BCUT2D eigenvalue weighted by Gasteiger charge is -2.33. The van der Waals surface area contributed by atoms with E-state index in [0.717, 1.165) is 0 Å². The molecule has 1 saturated heterocycles. The Morgan fingerprint density at radius 2 is 1.76 bits per heavy atom. The molecule has 0 spiro atoms. The summed E-state index contributed by atoms with van der Waals surface area (Å²) in [4.78, 5) is 32.1. The minimum Gasteiger partial charge on any atom is -0.459 e. The number of nitrogens with one attached hydrogen (secondary N) is 1. The fourth-order valence-corrected chi connectivity index (χ4v) is 2.76. The second-order valence-corrected chi connectivity index (χ2v) is 5.67. The highest BCUT2D eigenvalue weighted by molar-refractivity contribution is 5.92. The van der Waals surface area contributed by atoms with E-state index in [1.165, 1.54) is 6.26 Å². The van der Waals surface area contributed by atoms with Gasteiger partial charge in [-0.15, -0.1) is 0 Å². The van der Waals surface area contributed by atoms with Crippen molar-refractivity contribution in [2.75, 3.05) is 31.5 Å². The van der Waals surface area contributed by atoms with E-state index in [0.29, 0.717) is 43.0 Å². The number of nitrogens with zero attached hydrogens (tertiary/aromatic N) is 3. The number of urea groups is 1. The van der Waals surface area contributed by atoms with Crippen LogP contribution in [0.3, 0.4) is 0 Å². The van der Waals surface area contributed by atoms with Gasteiger partial charge in [0, 0.05) is 26.2 Å². The van der Waals surface area contributed by atoms with E-state index in [2.05, 4.69) is 10.3 Å². The summed E-state index contributed by atoms with van der Waals surface area (Å²) >= 11 is 0. The van der Waals surface area contributed by atoms with Crippen LogP contribution in [-0.2, 0) is 0 Å². The Kier molecular flexibility index (Phi) is 3.85. The number of oxazole rings is 1. The summed E-state index contributed by atoms with van der Waals surface area (Å²) in [5.74, 6) is 0.147. The highest BCUT2D eigenvalue weighted by atomic mass is 16.4. The molecule has 2 aromatic heterocycles. The highest BCUT2D eigenvalue weighted by Crippen LogP contribution is 2.18. The molecular weight excluding hydrogens is 324 g/mol. The molecule has 3 heterocycles. The van der Waals surface area contributed by atoms with Crippen LogP contribution >= 0.6 is 0 Å². The maximum Gasteiger partial charge on any atom is 0.325 e. The average Bonchev–Trinajstić information content (AvgIpc) is 3.30. The number of amides is 3. The topological polar surface area (TPSA) is 91.8 Å². The first-order valence-electron chi connectivity index (χ1n) is 7.95. The van der Waals surface area contributed by atoms with Gasteiger partial charge in [-0.1, -0.05) is 12.1 Å². The fraction of sp³-hybridized carbons (Fsp3) is 0.235. The molecule has 128 valence electrons. The van der Waals surface area contributed by atoms with Gasteiger partial charge >= 0.3 is 12.0 Å². The number of furan rings is 1. The molecule has 1 aliphatic rings. The van der Waals surface area contributed by atoms with E-state index < -0.39 is 0 Å². The third kappa shape index (κ3) is 3.06. The first kappa shape index (κ1) is 15.3. The molecule has 1 N–H and O–H groups in total. The summed E-state index contributed by atoms with van der Waals surface area (Å²) in [5.41, 5.74) is 1.30. The average molecular weight is 340 g/mol. The highest BCUT2D eigenvalue weighted by Gasteiger charge is 2.26. The van der Waals surface area contributed by atoms with E-state index in [9.17, 15) is 9.59 Å². The largest absolute Gasteiger partial charge is 0.459 e. The SMILES string of the molecule is O=C(Nc1nc2ccccc2o1)N1CCN(C(=O)c2ccco2)CC1. The molecule has 4 rings (SSSR count).